The molecule has 0 aliphatic heterocycles. The first-order valence-corrected chi connectivity index (χ1v) is 6.39. The second kappa shape index (κ2) is 8.07. The topological polar surface area (TPSA) is 81.5 Å². The van der Waals surface area contributed by atoms with Gasteiger partial charge in [-0.05, 0) is 17.5 Å². The average Bonchev–Trinajstić information content (AvgIpc) is 2.46. The number of carbonyl (C=O) groups excluding carboxylic acids is 1. The standard InChI is InChI=1S/C16H17N3O.ClH/c17-16(18)19-15(20)14(13-9-5-2-6-10-13)11-12-7-3-1-4-8-12;/h1-10,14H,11H2,(H4,17,18,19,20);1H/t14-;/m1./s1. The minimum Gasteiger partial charge on any atom is -0.370 e. The van der Waals surface area contributed by atoms with Crippen molar-refractivity contribution in [2.75, 3.05) is 0 Å². The van der Waals surface area contributed by atoms with Crippen molar-refractivity contribution in [3.8, 4) is 0 Å². The molecule has 110 valence electrons. The van der Waals surface area contributed by atoms with E-state index in [1.807, 2.05) is 60.7 Å². The third-order valence-corrected chi connectivity index (χ3v) is 3.02. The Morgan fingerprint density at radius 1 is 0.952 bits per heavy atom. The molecule has 2 rings (SSSR count). The summed E-state index contributed by atoms with van der Waals surface area (Å²) in [6.45, 7) is 0. The monoisotopic (exact) mass is 303 g/mol. The maximum atomic E-state index is 12.2. The summed E-state index contributed by atoms with van der Waals surface area (Å²) >= 11 is 0. The van der Waals surface area contributed by atoms with Gasteiger partial charge in [0.25, 0.3) is 5.91 Å². The number of amides is 1. The number of aliphatic imine (C=N–C) groups is 1. The molecular formula is C16H18ClN3O. The van der Waals surface area contributed by atoms with E-state index in [1.165, 1.54) is 0 Å². The van der Waals surface area contributed by atoms with E-state index in [9.17, 15) is 4.79 Å². The zero-order valence-electron chi connectivity index (χ0n) is 11.5. The lowest BCUT2D eigenvalue weighted by atomic mass is 9.91. The Labute approximate surface area is 130 Å². The predicted octanol–water partition coefficient (Wildman–Crippen LogP) is 2.23. The fourth-order valence-corrected chi connectivity index (χ4v) is 2.09. The summed E-state index contributed by atoms with van der Waals surface area (Å²) in [4.78, 5) is 15.9. The van der Waals surface area contributed by atoms with E-state index in [1.54, 1.807) is 0 Å². The van der Waals surface area contributed by atoms with Gasteiger partial charge >= 0.3 is 0 Å². The van der Waals surface area contributed by atoms with Crippen molar-refractivity contribution in [2.45, 2.75) is 12.3 Å². The number of halogens is 1. The molecule has 2 aromatic rings. The number of hydrogen-bond acceptors (Lipinski definition) is 1. The summed E-state index contributed by atoms with van der Waals surface area (Å²) in [5, 5.41) is 0. The largest absolute Gasteiger partial charge is 0.370 e. The van der Waals surface area contributed by atoms with Crippen molar-refractivity contribution in [3.05, 3.63) is 71.8 Å². The van der Waals surface area contributed by atoms with Crippen molar-refractivity contribution >= 4 is 24.3 Å². The van der Waals surface area contributed by atoms with Crippen molar-refractivity contribution < 1.29 is 4.79 Å². The van der Waals surface area contributed by atoms with E-state index in [0.717, 1.165) is 11.1 Å². The van der Waals surface area contributed by atoms with Crippen LogP contribution in [0.2, 0.25) is 0 Å². The molecular weight excluding hydrogens is 286 g/mol. The van der Waals surface area contributed by atoms with Crippen molar-refractivity contribution in [1.82, 2.24) is 0 Å². The Morgan fingerprint density at radius 2 is 1.48 bits per heavy atom. The van der Waals surface area contributed by atoms with Crippen molar-refractivity contribution in [3.63, 3.8) is 0 Å². The molecule has 0 fully saturated rings. The van der Waals surface area contributed by atoms with Gasteiger partial charge in [-0.15, -0.1) is 12.4 Å². The van der Waals surface area contributed by atoms with E-state index < -0.39 is 0 Å². The minimum atomic E-state index is -0.374. The van der Waals surface area contributed by atoms with Crippen LogP contribution in [0, 0.1) is 0 Å². The Balaban J connectivity index is 0.00000220. The molecule has 1 atom stereocenters. The molecule has 0 bridgehead atoms. The Morgan fingerprint density at radius 3 is 2.00 bits per heavy atom. The number of guanidine groups is 1. The first kappa shape index (κ1) is 16.7. The Hall–Kier alpha value is -2.33. The van der Waals surface area contributed by atoms with Crippen LogP contribution in [0.5, 0.6) is 0 Å². The fraction of sp³-hybridized carbons (Fsp3) is 0.125. The normalized spacial score (nSPS) is 11.0. The first-order chi connectivity index (χ1) is 9.66. The number of benzene rings is 2. The van der Waals surface area contributed by atoms with Crippen LogP contribution in [-0.2, 0) is 11.2 Å². The minimum absolute atomic E-state index is 0. The van der Waals surface area contributed by atoms with Gasteiger partial charge in [0.2, 0.25) is 0 Å². The molecule has 4 nitrogen and oxygen atoms in total. The summed E-state index contributed by atoms with van der Waals surface area (Å²) in [6, 6.07) is 19.3. The highest BCUT2D eigenvalue weighted by Gasteiger charge is 2.20. The Kier molecular flexibility index (Phi) is 6.43. The zero-order chi connectivity index (χ0) is 14.4. The smallest absolute Gasteiger partial charge is 0.256 e. The van der Waals surface area contributed by atoms with Crippen LogP contribution in [0.4, 0.5) is 0 Å². The van der Waals surface area contributed by atoms with Crippen molar-refractivity contribution in [2.24, 2.45) is 16.5 Å². The van der Waals surface area contributed by atoms with Gasteiger partial charge in [0.05, 0.1) is 5.92 Å². The third-order valence-electron chi connectivity index (χ3n) is 3.02. The summed E-state index contributed by atoms with van der Waals surface area (Å²) in [6.07, 6.45) is 0.570. The molecule has 21 heavy (non-hydrogen) atoms. The van der Waals surface area contributed by atoms with Crippen LogP contribution < -0.4 is 11.5 Å². The summed E-state index contributed by atoms with van der Waals surface area (Å²) in [7, 11) is 0. The van der Waals surface area contributed by atoms with E-state index >= 15 is 0 Å². The van der Waals surface area contributed by atoms with Gasteiger partial charge in [0.15, 0.2) is 5.96 Å². The fourth-order valence-electron chi connectivity index (χ4n) is 2.09. The van der Waals surface area contributed by atoms with Crippen LogP contribution >= 0.6 is 12.4 Å². The van der Waals surface area contributed by atoms with Crippen LogP contribution in [0.25, 0.3) is 0 Å². The highest BCUT2D eigenvalue weighted by molar-refractivity contribution is 5.95. The first-order valence-electron chi connectivity index (χ1n) is 6.39. The molecule has 0 saturated heterocycles. The lowest BCUT2D eigenvalue weighted by Crippen LogP contribution is -2.26. The SMILES string of the molecule is Cl.NC(N)=NC(=O)[C@H](Cc1ccccc1)c1ccccc1. The quantitative estimate of drug-likeness (QED) is 0.671. The highest BCUT2D eigenvalue weighted by atomic mass is 35.5. The van der Waals surface area contributed by atoms with E-state index in [0.29, 0.717) is 6.42 Å². The van der Waals surface area contributed by atoms with E-state index in [4.69, 9.17) is 11.5 Å². The molecule has 5 heteroatoms. The summed E-state index contributed by atoms with van der Waals surface area (Å²) in [5.74, 6) is -0.898. The summed E-state index contributed by atoms with van der Waals surface area (Å²) < 4.78 is 0. The van der Waals surface area contributed by atoms with Gasteiger partial charge in [0, 0.05) is 0 Å². The van der Waals surface area contributed by atoms with Crippen LogP contribution in [0.15, 0.2) is 65.7 Å². The van der Waals surface area contributed by atoms with Gasteiger partial charge in [-0.2, -0.15) is 4.99 Å². The molecule has 0 heterocycles. The van der Waals surface area contributed by atoms with Gasteiger partial charge < -0.3 is 11.5 Å². The lowest BCUT2D eigenvalue weighted by molar-refractivity contribution is -0.119. The van der Waals surface area contributed by atoms with Crippen LogP contribution in [-0.4, -0.2) is 11.9 Å². The van der Waals surface area contributed by atoms with Crippen LogP contribution in [0.3, 0.4) is 0 Å². The molecule has 0 aromatic heterocycles. The number of carbonyl (C=O) groups is 1. The molecule has 0 radical (unpaired) electrons. The highest BCUT2D eigenvalue weighted by Crippen LogP contribution is 2.22. The molecule has 2 aromatic carbocycles. The number of rotatable bonds is 4. The van der Waals surface area contributed by atoms with Gasteiger partial charge in [0.1, 0.15) is 0 Å². The molecule has 0 spiro atoms. The lowest BCUT2D eigenvalue weighted by Gasteiger charge is -2.14. The Bertz CT molecular complexity index is 595. The van der Waals surface area contributed by atoms with E-state index in [-0.39, 0.29) is 30.2 Å². The van der Waals surface area contributed by atoms with Crippen molar-refractivity contribution in [1.29, 1.82) is 0 Å². The predicted molar refractivity (Wildman–Crippen MR) is 87.4 cm³/mol. The van der Waals surface area contributed by atoms with Crippen LogP contribution in [0.1, 0.15) is 17.0 Å². The maximum Gasteiger partial charge on any atom is 0.256 e. The average molecular weight is 304 g/mol. The number of hydrogen-bond donors (Lipinski definition) is 2. The van der Waals surface area contributed by atoms with Gasteiger partial charge in [-0.3, -0.25) is 4.79 Å². The number of nitrogens with zero attached hydrogens (tertiary/aromatic N) is 1. The van der Waals surface area contributed by atoms with Gasteiger partial charge in [-0.25, -0.2) is 0 Å². The molecule has 0 aliphatic rings. The van der Waals surface area contributed by atoms with E-state index in [2.05, 4.69) is 4.99 Å². The maximum absolute atomic E-state index is 12.2. The number of nitrogens with two attached hydrogens (primary N) is 2. The molecule has 4 N–H and O–H groups in total. The second-order valence-electron chi connectivity index (χ2n) is 4.53. The molecule has 0 saturated carbocycles. The second-order valence-corrected chi connectivity index (χ2v) is 4.53. The zero-order valence-corrected chi connectivity index (χ0v) is 12.3. The molecule has 0 unspecified atom stereocenters. The third kappa shape index (κ3) is 4.93. The molecule has 1 amide bonds. The summed E-state index contributed by atoms with van der Waals surface area (Å²) in [5.41, 5.74) is 12.6. The van der Waals surface area contributed by atoms with Gasteiger partial charge in [-0.1, -0.05) is 60.7 Å². The molecule has 0 aliphatic carbocycles.